The molecule has 4 aliphatic heterocycles. The van der Waals surface area contributed by atoms with Gasteiger partial charge in [0, 0.05) is 17.5 Å². The summed E-state index contributed by atoms with van der Waals surface area (Å²) in [5, 5.41) is 3.08. The van der Waals surface area contributed by atoms with Crippen LogP contribution in [0.5, 0.6) is 17.2 Å². The summed E-state index contributed by atoms with van der Waals surface area (Å²) in [4.78, 5) is 46.5. The zero-order chi connectivity index (χ0) is 30.0. The van der Waals surface area contributed by atoms with Crippen molar-refractivity contribution < 1.29 is 28.6 Å². The highest BCUT2D eigenvalue weighted by atomic mass is 16.7. The van der Waals surface area contributed by atoms with Crippen LogP contribution in [0, 0.1) is 5.92 Å². The number of fused-ring (bicyclic) bond motifs is 7. The van der Waals surface area contributed by atoms with Crippen LogP contribution in [0.3, 0.4) is 0 Å². The number of para-hydroxylation sites is 2. The SMILES string of the molecule is CCOc1ccccc1C(=O)[C@H]1[C@@H](C(=O)c2ccc3c(c2)OCO3)N2C=Cc3ccccc3[C@@H]2[C@]12C(=O)Nc1ccccc12. The normalized spacial score (nSPS) is 23.6. The molecule has 1 N–H and O–H groups in total. The molecule has 1 amide bonds. The predicted molar refractivity (Wildman–Crippen MR) is 163 cm³/mol. The molecule has 1 saturated heterocycles. The van der Waals surface area contributed by atoms with Crippen LogP contribution in [0.4, 0.5) is 5.69 Å². The number of ether oxygens (including phenoxy) is 3. The van der Waals surface area contributed by atoms with Gasteiger partial charge in [-0.05, 0) is 66.1 Å². The van der Waals surface area contributed by atoms with E-state index < -0.39 is 23.4 Å². The maximum Gasteiger partial charge on any atom is 0.238 e. The molecule has 218 valence electrons. The summed E-state index contributed by atoms with van der Waals surface area (Å²) in [5.41, 5.74) is 2.40. The number of amides is 1. The van der Waals surface area contributed by atoms with E-state index in [0.717, 1.165) is 11.1 Å². The first-order valence-corrected chi connectivity index (χ1v) is 14.7. The molecule has 0 aromatic heterocycles. The number of benzene rings is 4. The Morgan fingerprint density at radius 3 is 2.59 bits per heavy atom. The zero-order valence-corrected chi connectivity index (χ0v) is 23.9. The first-order chi connectivity index (χ1) is 21.5. The number of rotatable bonds is 6. The van der Waals surface area contributed by atoms with Crippen molar-refractivity contribution in [1.29, 1.82) is 0 Å². The van der Waals surface area contributed by atoms with E-state index in [2.05, 4.69) is 5.32 Å². The van der Waals surface area contributed by atoms with Gasteiger partial charge in [0.15, 0.2) is 23.1 Å². The fraction of sp³-hybridized carbons (Fsp3) is 0.194. The van der Waals surface area contributed by atoms with Crippen molar-refractivity contribution in [3.05, 3.63) is 125 Å². The number of nitrogens with zero attached hydrogens (tertiary/aromatic N) is 1. The van der Waals surface area contributed by atoms with Gasteiger partial charge in [-0.1, -0.05) is 54.6 Å². The zero-order valence-electron chi connectivity index (χ0n) is 23.9. The van der Waals surface area contributed by atoms with E-state index in [0.29, 0.717) is 46.2 Å². The van der Waals surface area contributed by atoms with Gasteiger partial charge in [-0.25, -0.2) is 0 Å². The summed E-state index contributed by atoms with van der Waals surface area (Å²) in [7, 11) is 0. The number of carbonyl (C=O) groups is 3. The summed E-state index contributed by atoms with van der Waals surface area (Å²) in [5.74, 6) is -0.612. The molecule has 44 heavy (non-hydrogen) atoms. The Kier molecular flexibility index (Phi) is 5.88. The van der Waals surface area contributed by atoms with E-state index in [1.54, 1.807) is 42.5 Å². The average molecular weight is 585 g/mol. The van der Waals surface area contributed by atoms with E-state index in [1.807, 2.05) is 72.6 Å². The summed E-state index contributed by atoms with van der Waals surface area (Å²) < 4.78 is 17.0. The number of Topliss-reactive ketones (excluding diaryl/α,β-unsaturated/α-hetero) is 2. The van der Waals surface area contributed by atoms with Gasteiger partial charge in [-0.3, -0.25) is 14.4 Å². The van der Waals surface area contributed by atoms with Crippen LogP contribution in [0.2, 0.25) is 0 Å². The smallest absolute Gasteiger partial charge is 0.238 e. The maximum absolute atomic E-state index is 15.1. The summed E-state index contributed by atoms with van der Waals surface area (Å²) in [6.07, 6.45) is 3.81. The van der Waals surface area contributed by atoms with Crippen molar-refractivity contribution in [1.82, 2.24) is 4.90 Å². The topological polar surface area (TPSA) is 94.2 Å². The second-order valence-corrected chi connectivity index (χ2v) is 11.3. The van der Waals surface area contributed by atoms with Crippen molar-refractivity contribution in [3.8, 4) is 17.2 Å². The van der Waals surface area contributed by atoms with Gasteiger partial charge in [0.25, 0.3) is 0 Å². The molecule has 1 fully saturated rings. The van der Waals surface area contributed by atoms with Gasteiger partial charge in [-0.15, -0.1) is 0 Å². The molecule has 4 aliphatic rings. The molecule has 4 heterocycles. The standard InChI is InChI=1S/C36H28N2O6/c1-2-42-27-14-8-5-11-24(27)33(40)30-31(32(39)22-15-16-28-29(19-22)44-20-43-28)38-18-17-21-9-3-4-10-23(21)34(38)36(30)25-12-6-7-13-26(25)37-35(36)41/h3-19,30-31,34H,2,20H2,1H3,(H,37,41)/t30-,31+,34-,36-/m1/s1. The first-order valence-electron chi connectivity index (χ1n) is 14.7. The van der Waals surface area contributed by atoms with E-state index in [1.165, 1.54) is 0 Å². The molecular formula is C36H28N2O6. The van der Waals surface area contributed by atoms with Gasteiger partial charge >= 0.3 is 0 Å². The Labute approximate surface area is 253 Å². The molecule has 0 unspecified atom stereocenters. The lowest BCUT2D eigenvalue weighted by atomic mass is 9.62. The lowest BCUT2D eigenvalue weighted by Crippen LogP contribution is -2.49. The lowest BCUT2D eigenvalue weighted by Gasteiger charge is -2.38. The largest absolute Gasteiger partial charge is 0.493 e. The van der Waals surface area contributed by atoms with Gasteiger partial charge in [0.2, 0.25) is 12.7 Å². The van der Waals surface area contributed by atoms with E-state index in [4.69, 9.17) is 14.2 Å². The number of hydrogen-bond donors (Lipinski definition) is 1. The Morgan fingerprint density at radius 2 is 1.70 bits per heavy atom. The third kappa shape index (κ3) is 3.54. The molecule has 1 spiro atoms. The highest BCUT2D eigenvalue weighted by molar-refractivity contribution is 6.17. The van der Waals surface area contributed by atoms with Crippen LogP contribution in [0.25, 0.3) is 6.08 Å². The molecule has 8 heteroatoms. The fourth-order valence-corrected chi connectivity index (χ4v) is 7.51. The predicted octanol–water partition coefficient (Wildman–Crippen LogP) is 5.80. The van der Waals surface area contributed by atoms with Crippen molar-refractivity contribution in [3.63, 3.8) is 0 Å². The van der Waals surface area contributed by atoms with Gasteiger partial charge in [0.05, 0.1) is 24.1 Å². The number of carbonyl (C=O) groups excluding carboxylic acids is 3. The van der Waals surface area contributed by atoms with Crippen molar-refractivity contribution >= 4 is 29.2 Å². The monoisotopic (exact) mass is 584 g/mol. The molecule has 0 bridgehead atoms. The maximum atomic E-state index is 15.1. The molecule has 0 radical (unpaired) electrons. The summed E-state index contributed by atoms with van der Waals surface area (Å²) >= 11 is 0. The molecule has 4 aromatic rings. The second kappa shape index (κ2) is 9.84. The fourth-order valence-electron chi connectivity index (χ4n) is 7.51. The molecule has 0 aliphatic carbocycles. The van der Waals surface area contributed by atoms with Crippen LogP contribution >= 0.6 is 0 Å². The molecule has 8 nitrogen and oxygen atoms in total. The first kappa shape index (κ1) is 26.3. The minimum atomic E-state index is -1.43. The molecule has 8 rings (SSSR count). The quantitative estimate of drug-likeness (QED) is 0.287. The van der Waals surface area contributed by atoms with E-state index >= 15 is 4.79 Å². The summed E-state index contributed by atoms with van der Waals surface area (Å²) in [6, 6.07) is 25.8. The Balaban J connectivity index is 1.41. The van der Waals surface area contributed by atoms with Crippen LogP contribution < -0.4 is 19.5 Å². The Bertz CT molecular complexity index is 1900. The lowest BCUT2D eigenvalue weighted by molar-refractivity contribution is -0.122. The number of hydrogen-bond acceptors (Lipinski definition) is 7. The minimum Gasteiger partial charge on any atom is -0.493 e. The van der Waals surface area contributed by atoms with Gasteiger partial charge < -0.3 is 24.4 Å². The number of anilines is 1. The van der Waals surface area contributed by atoms with Crippen LogP contribution in [-0.2, 0) is 10.2 Å². The molecule has 0 saturated carbocycles. The Hall–Kier alpha value is -5.37. The van der Waals surface area contributed by atoms with Crippen molar-refractivity contribution in [2.45, 2.75) is 24.4 Å². The van der Waals surface area contributed by atoms with Crippen LogP contribution in [0.15, 0.2) is 97.2 Å². The van der Waals surface area contributed by atoms with Crippen molar-refractivity contribution in [2.24, 2.45) is 5.92 Å². The number of nitrogens with one attached hydrogen (secondary N) is 1. The highest BCUT2D eigenvalue weighted by Gasteiger charge is 2.71. The minimum absolute atomic E-state index is 0.0690. The average Bonchev–Trinajstić information content (AvgIpc) is 3.74. The second-order valence-electron chi connectivity index (χ2n) is 11.3. The Morgan fingerprint density at radius 1 is 0.932 bits per heavy atom. The third-order valence-corrected chi connectivity index (χ3v) is 9.23. The van der Waals surface area contributed by atoms with Crippen LogP contribution in [-0.4, -0.2) is 41.8 Å². The van der Waals surface area contributed by atoms with Gasteiger partial charge in [0.1, 0.15) is 17.2 Å². The van der Waals surface area contributed by atoms with E-state index in [-0.39, 0.29) is 24.3 Å². The van der Waals surface area contributed by atoms with Gasteiger partial charge in [-0.2, -0.15) is 0 Å². The van der Waals surface area contributed by atoms with E-state index in [9.17, 15) is 9.59 Å². The number of ketones is 2. The molecule has 4 aromatic carbocycles. The molecular weight excluding hydrogens is 556 g/mol. The summed E-state index contributed by atoms with van der Waals surface area (Å²) in [6.45, 7) is 2.28. The van der Waals surface area contributed by atoms with Crippen molar-refractivity contribution in [2.75, 3.05) is 18.7 Å². The van der Waals surface area contributed by atoms with Crippen LogP contribution in [0.1, 0.15) is 50.4 Å². The highest BCUT2D eigenvalue weighted by Crippen LogP contribution is 2.62. The molecule has 4 atom stereocenters. The third-order valence-electron chi connectivity index (χ3n) is 9.23.